The minimum atomic E-state index is -1.03. The monoisotopic (exact) mass is 453 g/mol. The number of carbonyl (C=O) groups excluding carboxylic acids is 1. The summed E-state index contributed by atoms with van der Waals surface area (Å²) in [6.07, 6.45) is 2.98. The van der Waals surface area contributed by atoms with E-state index in [4.69, 9.17) is 14.9 Å². The van der Waals surface area contributed by atoms with Crippen molar-refractivity contribution >= 4 is 16.8 Å². The first kappa shape index (κ1) is 22.6. The van der Waals surface area contributed by atoms with Crippen LogP contribution in [-0.4, -0.2) is 41.1 Å². The third-order valence-corrected chi connectivity index (χ3v) is 6.01. The standard InChI is InChI=1S/C24H27N3O6/c1-32-15-5-6-19-14(9-15)10-18(24(31)26-19)17(12-21(25)29)23-22(30)20(28)11-16(33-23)13-27-7-3-2-4-8-27/h5-6,9-11,17,30H,2-4,7-8,12-13H2,1H3,(H2,25,29)(H,26,31)/t17-/m1/s1. The number of nitrogens with zero attached hydrogens (tertiary/aromatic N) is 1. The summed E-state index contributed by atoms with van der Waals surface area (Å²) < 4.78 is 11.2. The molecule has 1 atom stereocenters. The Hall–Kier alpha value is -3.59. The van der Waals surface area contributed by atoms with Crippen LogP contribution in [0.4, 0.5) is 0 Å². The number of amides is 1. The number of piperidine rings is 1. The maximum atomic E-state index is 12.9. The number of H-pyrrole nitrogens is 1. The molecule has 3 heterocycles. The van der Waals surface area contributed by atoms with E-state index in [2.05, 4.69) is 9.88 Å². The van der Waals surface area contributed by atoms with Crippen LogP contribution in [0, 0.1) is 0 Å². The van der Waals surface area contributed by atoms with Crippen molar-refractivity contribution in [3.05, 3.63) is 68.0 Å². The highest BCUT2D eigenvalue weighted by atomic mass is 16.5. The first-order valence-electron chi connectivity index (χ1n) is 10.9. The number of rotatable bonds is 7. The van der Waals surface area contributed by atoms with Gasteiger partial charge >= 0.3 is 0 Å². The van der Waals surface area contributed by atoms with Gasteiger partial charge in [0.05, 0.1) is 19.6 Å². The minimum Gasteiger partial charge on any atom is -0.502 e. The van der Waals surface area contributed by atoms with Crippen LogP contribution in [0.5, 0.6) is 11.5 Å². The van der Waals surface area contributed by atoms with Gasteiger partial charge < -0.3 is 25.0 Å². The van der Waals surface area contributed by atoms with Crippen LogP contribution in [0.15, 0.2) is 44.3 Å². The molecule has 0 aliphatic carbocycles. The zero-order valence-corrected chi connectivity index (χ0v) is 18.4. The van der Waals surface area contributed by atoms with Crippen LogP contribution >= 0.6 is 0 Å². The Bertz CT molecular complexity index is 1290. The second kappa shape index (κ2) is 9.50. The van der Waals surface area contributed by atoms with Gasteiger partial charge in [-0.25, -0.2) is 0 Å². The van der Waals surface area contributed by atoms with E-state index in [9.17, 15) is 19.5 Å². The van der Waals surface area contributed by atoms with Gasteiger partial charge in [0, 0.05) is 29.0 Å². The summed E-state index contributed by atoms with van der Waals surface area (Å²) in [7, 11) is 1.53. The molecule has 2 aromatic heterocycles. The number of hydrogen-bond acceptors (Lipinski definition) is 7. The van der Waals surface area contributed by atoms with Crippen molar-refractivity contribution in [3.63, 3.8) is 0 Å². The highest BCUT2D eigenvalue weighted by molar-refractivity contribution is 5.81. The zero-order chi connectivity index (χ0) is 23.5. The first-order chi connectivity index (χ1) is 15.9. The molecular weight excluding hydrogens is 426 g/mol. The van der Waals surface area contributed by atoms with Crippen LogP contribution in [0.1, 0.15) is 48.7 Å². The second-order valence-electron chi connectivity index (χ2n) is 8.36. The molecule has 1 fully saturated rings. The summed E-state index contributed by atoms with van der Waals surface area (Å²) in [5.74, 6) is -1.55. The van der Waals surface area contributed by atoms with E-state index < -0.39 is 28.6 Å². The Morgan fingerprint density at radius 2 is 1.97 bits per heavy atom. The van der Waals surface area contributed by atoms with E-state index in [0.29, 0.717) is 29.0 Å². The zero-order valence-electron chi connectivity index (χ0n) is 18.4. The maximum absolute atomic E-state index is 12.9. The topological polar surface area (TPSA) is 139 Å². The average Bonchev–Trinajstić information content (AvgIpc) is 2.80. The lowest BCUT2D eigenvalue weighted by molar-refractivity contribution is -0.118. The number of methoxy groups -OCH3 is 1. The van der Waals surface area contributed by atoms with Gasteiger partial charge in [-0.05, 0) is 50.2 Å². The third kappa shape index (κ3) is 4.93. The molecule has 9 heteroatoms. The Morgan fingerprint density at radius 1 is 1.21 bits per heavy atom. The molecule has 1 saturated heterocycles. The largest absolute Gasteiger partial charge is 0.502 e. The molecule has 1 aromatic carbocycles. The summed E-state index contributed by atoms with van der Waals surface area (Å²) in [6, 6.07) is 8.01. The Kier molecular flexibility index (Phi) is 6.50. The number of nitrogens with two attached hydrogens (primary N) is 1. The number of ether oxygens (including phenoxy) is 1. The van der Waals surface area contributed by atoms with Crippen molar-refractivity contribution in [1.29, 1.82) is 0 Å². The number of aromatic hydroxyl groups is 1. The van der Waals surface area contributed by atoms with Crippen LogP contribution in [-0.2, 0) is 11.3 Å². The molecule has 4 rings (SSSR count). The number of primary amides is 1. The summed E-state index contributed by atoms with van der Waals surface area (Å²) in [4.78, 5) is 42.3. The quantitative estimate of drug-likeness (QED) is 0.498. The number of carbonyl (C=O) groups is 1. The number of aromatic amines is 1. The maximum Gasteiger partial charge on any atom is 0.252 e. The number of likely N-dealkylation sites (tertiary alicyclic amines) is 1. The lowest BCUT2D eigenvalue weighted by Crippen LogP contribution is -2.29. The molecule has 174 valence electrons. The molecular formula is C24H27N3O6. The van der Waals surface area contributed by atoms with Gasteiger partial charge in [-0.2, -0.15) is 0 Å². The van der Waals surface area contributed by atoms with Crippen molar-refractivity contribution in [2.45, 2.75) is 38.1 Å². The van der Waals surface area contributed by atoms with Crippen molar-refractivity contribution < 1.29 is 19.1 Å². The average molecular weight is 453 g/mol. The van der Waals surface area contributed by atoms with Gasteiger partial charge in [0.15, 0.2) is 5.76 Å². The fourth-order valence-corrected chi connectivity index (χ4v) is 4.34. The van der Waals surface area contributed by atoms with Crippen molar-refractivity contribution in [1.82, 2.24) is 9.88 Å². The summed E-state index contributed by atoms with van der Waals surface area (Å²) in [5.41, 5.74) is 5.10. The van der Waals surface area contributed by atoms with E-state index in [-0.39, 0.29) is 17.7 Å². The molecule has 0 radical (unpaired) electrons. The normalized spacial score (nSPS) is 15.4. The fraction of sp³-hybridized carbons (Fsp3) is 0.375. The van der Waals surface area contributed by atoms with Gasteiger partial charge in [0.25, 0.3) is 5.56 Å². The van der Waals surface area contributed by atoms with Crippen LogP contribution in [0.3, 0.4) is 0 Å². The minimum absolute atomic E-state index is 0.138. The van der Waals surface area contributed by atoms with Crippen LogP contribution < -0.4 is 21.5 Å². The lowest BCUT2D eigenvalue weighted by atomic mass is 9.92. The fourth-order valence-electron chi connectivity index (χ4n) is 4.34. The van der Waals surface area contributed by atoms with E-state index in [1.54, 1.807) is 24.3 Å². The van der Waals surface area contributed by atoms with Crippen molar-refractivity contribution in [2.75, 3.05) is 20.2 Å². The Balaban J connectivity index is 1.82. The summed E-state index contributed by atoms with van der Waals surface area (Å²) in [6.45, 7) is 2.17. The predicted molar refractivity (Wildman–Crippen MR) is 123 cm³/mol. The molecule has 3 aromatic rings. The number of fused-ring (bicyclic) bond motifs is 1. The van der Waals surface area contributed by atoms with Gasteiger partial charge in [-0.3, -0.25) is 19.3 Å². The van der Waals surface area contributed by atoms with E-state index in [1.165, 1.54) is 13.2 Å². The molecule has 0 saturated carbocycles. The summed E-state index contributed by atoms with van der Waals surface area (Å²) in [5, 5.41) is 11.2. The Labute approximate surface area is 189 Å². The smallest absolute Gasteiger partial charge is 0.252 e. The van der Waals surface area contributed by atoms with Crippen LogP contribution in [0.25, 0.3) is 10.9 Å². The van der Waals surface area contributed by atoms with Gasteiger partial charge in [-0.15, -0.1) is 0 Å². The predicted octanol–water partition coefficient (Wildman–Crippen LogP) is 2.19. The van der Waals surface area contributed by atoms with Gasteiger partial charge in [0.1, 0.15) is 11.5 Å². The molecule has 0 bridgehead atoms. The number of benzene rings is 1. The number of aromatic nitrogens is 1. The molecule has 0 spiro atoms. The molecule has 1 aliphatic heterocycles. The molecule has 1 amide bonds. The van der Waals surface area contributed by atoms with Crippen LogP contribution in [0.2, 0.25) is 0 Å². The third-order valence-electron chi connectivity index (χ3n) is 6.01. The SMILES string of the molecule is COc1ccc2[nH]c(=O)c([C@@H](CC(N)=O)c3oc(CN4CCCCC4)cc(=O)c3O)cc2c1. The molecule has 33 heavy (non-hydrogen) atoms. The van der Waals surface area contributed by atoms with E-state index >= 15 is 0 Å². The highest BCUT2D eigenvalue weighted by Crippen LogP contribution is 2.33. The number of pyridine rings is 1. The number of hydrogen-bond donors (Lipinski definition) is 3. The van der Waals surface area contributed by atoms with Gasteiger partial charge in [0.2, 0.25) is 17.1 Å². The van der Waals surface area contributed by atoms with Crippen molar-refractivity contribution in [2.24, 2.45) is 5.73 Å². The van der Waals surface area contributed by atoms with E-state index in [1.807, 2.05) is 0 Å². The van der Waals surface area contributed by atoms with Crippen molar-refractivity contribution in [3.8, 4) is 11.5 Å². The first-order valence-corrected chi connectivity index (χ1v) is 10.9. The molecule has 4 N–H and O–H groups in total. The Morgan fingerprint density at radius 3 is 2.67 bits per heavy atom. The molecule has 0 unspecified atom stereocenters. The highest BCUT2D eigenvalue weighted by Gasteiger charge is 2.28. The second-order valence-corrected chi connectivity index (χ2v) is 8.36. The number of nitrogens with one attached hydrogen (secondary N) is 1. The van der Waals surface area contributed by atoms with E-state index in [0.717, 1.165) is 32.4 Å². The summed E-state index contributed by atoms with van der Waals surface area (Å²) >= 11 is 0. The molecule has 9 nitrogen and oxygen atoms in total. The lowest BCUT2D eigenvalue weighted by Gasteiger charge is -2.26. The van der Waals surface area contributed by atoms with Gasteiger partial charge in [-0.1, -0.05) is 6.42 Å². The molecule has 1 aliphatic rings.